The molecule has 0 saturated carbocycles. The van der Waals surface area contributed by atoms with Gasteiger partial charge in [0.05, 0.1) is 16.9 Å². The summed E-state index contributed by atoms with van der Waals surface area (Å²) in [7, 11) is 0. The first kappa shape index (κ1) is 11.1. The summed E-state index contributed by atoms with van der Waals surface area (Å²) >= 11 is 5.70. The van der Waals surface area contributed by atoms with Gasteiger partial charge in [-0.2, -0.15) is 0 Å². The van der Waals surface area contributed by atoms with Crippen LogP contribution in [-0.4, -0.2) is 16.5 Å². The molecule has 0 aliphatic rings. The molecule has 0 saturated heterocycles. The molecule has 0 fully saturated rings. The van der Waals surface area contributed by atoms with Gasteiger partial charge in [-0.3, -0.25) is 0 Å². The lowest BCUT2D eigenvalue weighted by molar-refractivity contribution is 0.628. The predicted octanol–water partition coefficient (Wildman–Crippen LogP) is 2.37. The van der Waals surface area contributed by atoms with Crippen molar-refractivity contribution in [3.05, 3.63) is 41.1 Å². The number of halogens is 2. The van der Waals surface area contributed by atoms with Crippen LogP contribution in [0.5, 0.6) is 0 Å². The quantitative estimate of drug-likeness (QED) is 0.864. The van der Waals surface area contributed by atoms with Gasteiger partial charge in [0.25, 0.3) is 0 Å². The van der Waals surface area contributed by atoms with Gasteiger partial charge in [0, 0.05) is 12.0 Å². The van der Waals surface area contributed by atoms with Crippen molar-refractivity contribution in [1.82, 2.24) is 9.97 Å². The molecule has 2 rings (SSSR count). The molecule has 0 aliphatic carbocycles. The largest absolute Gasteiger partial charge is 0.342 e. The van der Waals surface area contributed by atoms with Crippen LogP contribution < -0.4 is 5.73 Å². The van der Waals surface area contributed by atoms with Crippen LogP contribution in [-0.2, 0) is 6.42 Å². The minimum absolute atomic E-state index is 0.104. The van der Waals surface area contributed by atoms with Crippen LogP contribution in [0.4, 0.5) is 4.39 Å². The number of imidazole rings is 1. The Bertz CT molecular complexity index is 496. The maximum atomic E-state index is 13.0. The number of aromatic nitrogens is 2. The van der Waals surface area contributed by atoms with Crippen molar-refractivity contribution in [3.8, 4) is 11.3 Å². The Morgan fingerprint density at radius 1 is 1.44 bits per heavy atom. The maximum Gasteiger partial charge on any atom is 0.141 e. The minimum atomic E-state index is -0.424. The summed E-state index contributed by atoms with van der Waals surface area (Å²) in [6.07, 6.45) is 2.38. The SMILES string of the molecule is NCCc1ncc(-c2ccc(F)c(Cl)c2)[nH]1. The number of H-pyrrole nitrogens is 1. The summed E-state index contributed by atoms with van der Waals surface area (Å²) in [6.45, 7) is 0.539. The summed E-state index contributed by atoms with van der Waals surface area (Å²) in [5, 5.41) is 0.104. The zero-order valence-electron chi connectivity index (χ0n) is 8.50. The Morgan fingerprint density at radius 3 is 2.94 bits per heavy atom. The molecule has 84 valence electrons. The Balaban J connectivity index is 2.31. The van der Waals surface area contributed by atoms with E-state index in [0.29, 0.717) is 13.0 Å². The normalized spacial score (nSPS) is 10.7. The number of nitrogens with two attached hydrogens (primary N) is 1. The van der Waals surface area contributed by atoms with Crippen molar-refractivity contribution in [2.45, 2.75) is 6.42 Å². The van der Waals surface area contributed by atoms with E-state index in [1.54, 1.807) is 18.3 Å². The number of nitrogens with one attached hydrogen (secondary N) is 1. The molecule has 0 spiro atoms. The summed E-state index contributed by atoms with van der Waals surface area (Å²) in [5.74, 6) is 0.394. The third kappa shape index (κ3) is 2.23. The molecule has 0 aliphatic heterocycles. The lowest BCUT2D eigenvalue weighted by atomic mass is 10.2. The topological polar surface area (TPSA) is 54.7 Å². The second-order valence-electron chi connectivity index (χ2n) is 3.41. The van der Waals surface area contributed by atoms with Crippen molar-refractivity contribution in [1.29, 1.82) is 0 Å². The van der Waals surface area contributed by atoms with Gasteiger partial charge in [0.2, 0.25) is 0 Å². The number of rotatable bonds is 3. The van der Waals surface area contributed by atoms with Crippen LogP contribution in [0.1, 0.15) is 5.82 Å². The van der Waals surface area contributed by atoms with Crippen LogP contribution in [0.2, 0.25) is 5.02 Å². The van der Waals surface area contributed by atoms with Crippen molar-refractivity contribution in [2.24, 2.45) is 5.73 Å². The Kier molecular flexibility index (Phi) is 3.22. The summed E-state index contributed by atoms with van der Waals surface area (Å²) in [6, 6.07) is 4.55. The van der Waals surface area contributed by atoms with Crippen molar-refractivity contribution >= 4 is 11.6 Å². The van der Waals surface area contributed by atoms with E-state index in [0.717, 1.165) is 17.1 Å². The standard InChI is InChI=1S/C11H11ClFN3/c12-8-5-7(1-2-9(8)13)10-6-15-11(16-10)3-4-14/h1-2,5-6H,3-4,14H2,(H,15,16). The molecule has 0 unspecified atom stereocenters. The van der Waals surface area contributed by atoms with Gasteiger partial charge in [0.1, 0.15) is 11.6 Å². The highest BCUT2D eigenvalue weighted by Gasteiger charge is 2.05. The van der Waals surface area contributed by atoms with Gasteiger partial charge < -0.3 is 10.7 Å². The highest BCUT2D eigenvalue weighted by Crippen LogP contribution is 2.23. The molecule has 0 radical (unpaired) electrons. The first-order valence-electron chi connectivity index (χ1n) is 4.90. The number of hydrogen-bond acceptors (Lipinski definition) is 2. The number of hydrogen-bond donors (Lipinski definition) is 2. The Labute approximate surface area is 97.5 Å². The first-order valence-corrected chi connectivity index (χ1v) is 5.28. The summed E-state index contributed by atoms with van der Waals surface area (Å²) < 4.78 is 13.0. The smallest absolute Gasteiger partial charge is 0.141 e. The van der Waals surface area contributed by atoms with Crippen molar-refractivity contribution < 1.29 is 4.39 Å². The van der Waals surface area contributed by atoms with Crippen LogP contribution in [0.15, 0.2) is 24.4 Å². The Hall–Kier alpha value is -1.39. The maximum absolute atomic E-state index is 13.0. The fraction of sp³-hybridized carbons (Fsp3) is 0.182. The van der Waals surface area contributed by atoms with E-state index in [4.69, 9.17) is 17.3 Å². The van der Waals surface area contributed by atoms with Gasteiger partial charge in [-0.15, -0.1) is 0 Å². The third-order valence-electron chi connectivity index (χ3n) is 2.24. The molecule has 0 atom stereocenters. The number of benzene rings is 1. The van der Waals surface area contributed by atoms with E-state index in [1.807, 2.05) is 0 Å². The van der Waals surface area contributed by atoms with E-state index < -0.39 is 5.82 Å². The van der Waals surface area contributed by atoms with Gasteiger partial charge >= 0.3 is 0 Å². The second-order valence-corrected chi connectivity index (χ2v) is 3.82. The lowest BCUT2D eigenvalue weighted by Crippen LogP contribution is -2.03. The lowest BCUT2D eigenvalue weighted by Gasteiger charge is -1.99. The van der Waals surface area contributed by atoms with Crippen LogP contribution in [0, 0.1) is 5.82 Å². The predicted molar refractivity (Wildman–Crippen MR) is 61.8 cm³/mol. The van der Waals surface area contributed by atoms with E-state index in [2.05, 4.69) is 9.97 Å². The van der Waals surface area contributed by atoms with E-state index in [-0.39, 0.29) is 5.02 Å². The molecule has 3 N–H and O–H groups in total. The monoisotopic (exact) mass is 239 g/mol. The zero-order valence-corrected chi connectivity index (χ0v) is 9.26. The molecule has 0 bridgehead atoms. The molecule has 2 aromatic rings. The van der Waals surface area contributed by atoms with E-state index >= 15 is 0 Å². The van der Waals surface area contributed by atoms with Gasteiger partial charge in [-0.1, -0.05) is 11.6 Å². The van der Waals surface area contributed by atoms with Gasteiger partial charge in [-0.25, -0.2) is 9.37 Å². The van der Waals surface area contributed by atoms with Gasteiger partial charge in [-0.05, 0) is 24.7 Å². The third-order valence-corrected chi connectivity index (χ3v) is 2.53. The van der Waals surface area contributed by atoms with E-state index in [9.17, 15) is 4.39 Å². The molecular formula is C11H11ClFN3. The molecule has 1 aromatic heterocycles. The number of nitrogens with zero attached hydrogens (tertiary/aromatic N) is 1. The van der Waals surface area contributed by atoms with Crippen LogP contribution >= 0.6 is 11.6 Å². The molecule has 3 nitrogen and oxygen atoms in total. The zero-order chi connectivity index (χ0) is 11.5. The average Bonchev–Trinajstić information content (AvgIpc) is 2.71. The van der Waals surface area contributed by atoms with Crippen LogP contribution in [0.25, 0.3) is 11.3 Å². The Morgan fingerprint density at radius 2 is 2.25 bits per heavy atom. The number of aromatic amines is 1. The summed E-state index contributed by atoms with van der Waals surface area (Å²) in [4.78, 5) is 7.27. The highest BCUT2D eigenvalue weighted by molar-refractivity contribution is 6.31. The molecular weight excluding hydrogens is 229 g/mol. The molecule has 0 amide bonds. The van der Waals surface area contributed by atoms with Crippen LogP contribution in [0.3, 0.4) is 0 Å². The fourth-order valence-electron chi connectivity index (χ4n) is 1.44. The highest BCUT2D eigenvalue weighted by atomic mass is 35.5. The molecule has 16 heavy (non-hydrogen) atoms. The fourth-order valence-corrected chi connectivity index (χ4v) is 1.62. The van der Waals surface area contributed by atoms with Crippen molar-refractivity contribution in [2.75, 3.05) is 6.54 Å². The second kappa shape index (κ2) is 4.63. The van der Waals surface area contributed by atoms with E-state index in [1.165, 1.54) is 6.07 Å². The molecule has 5 heteroatoms. The van der Waals surface area contributed by atoms with Gasteiger partial charge in [0.15, 0.2) is 0 Å². The average molecular weight is 240 g/mol. The van der Waals surface area contributed by atoms with Crippen molar-refractivity contribution in [3.63, 3.8) is 0 Å². The molecule has 1 aromatic carbocycles. The minimum Gasteiger partial charge on any atom is -0.342 e. The summed E-state index contributed by atoms with van der Waals surface area (Å²) in [5.41, 5.74) is 7.04. The molecule has 1 heterocycles. The first-order chi connectivity index (χ1) is 7.70.